The second-order valence-electron chi connectivity index (χ2n) is 6.63. The molecule has 27 heavy (non-hydrogen) atoms. The zero-order valence-corrected chi connectivity index (χ0v) is 16.7. The van der Waals surface area contributed by atoms with E-state index < -0.39 is 6.04 Å². The van der Waals surface area contributed by atoms with Crippen molar-refractivity contribution in [3.63, 3.8) is 0 Å². The molecule has 2 aromatic carbocycles. The highest BCUT2D eigenvalue weighted by atomic mass is 35.5. The largest absolute Gasteiger partial charge is 0.354 e. The SMILES string of the molecule is CCCCNC(=O)C(C)N(Cc1ccccc1)C(=O)Cc1cccc(Cl)c1. The van der Waals surface area contributed by atoms with Gasteiger partial charge in [0.2, 0.25) is 11.8 Å². The predicted octanol–water partition coefficient (Wildman–Crippen LogP) is 4.22. The number of rotatable bonds is 9. The summed E-state index contributed by atoms with van der Waals surface area (Å²) < 4.78 is 0. The number of nitrogens with zero attached hydrogens (tertiary/aromatic N) is 1. The maximum absolute atomic E-state index is 13.0. The Kier molecular flexibility index (Phi) is 8.34. The van der Waals surface area contributed by atoms with Gasteiger partial charge in [0.25, 0.3) is 0 Å². The summed E-state index contributed by atoms with van der Waals surface area (Å²) in [4.78, 5) is 27.2. The molecule has 0 spiro atoms. The topological polar surface area (TPSA) is 49.4 Å². The Labute approximate surface area is 166 Å². The second-order valence-corrected chi connectivity index (χ2v) is 7.07. The predicted molar refractivity (Wildman–Crippen MR) is 110 cm³/mol. The summed E-state index contributed by atoms with van der Waals surface area (Å²) in [5.41, 5.74) is 1.83. The zero-order valence-electron chi connectivity index (χ0n) is 16.0. The van der Waals surface area contributed by atoms with E-state index in [9.17, 15) is 9.59 Å². The molecule has 2 rings (SSSR count). The summed E-state index contributed by atoms with van der Waals surface area (Å²) in [5, 5.41) is 3.52. The number of nitrogens with one attached hydrogen (secondary N) is 1. The number of carbonyl (C=O) groups excluding carboxylic acids is 2. The van der Waals surface area contributed by atoms with Crippen molar-refractivity contribution in [3.8, 4) is 0 Å². The number of carbonyl (C=O) groups is 2. The van der Waals surface area contributed by atoms with Gasteiger partial charge < -0.3 is 10.2 Å². The van der Waals surface area contributed by atoms with Crippen LogP contribution in [-0.4, -0.2) is 29.3 Å². The van der Waals surface area contributed by atoms with E-state index in [0.717, 1.165) is 24.0 Å². The molecule has 0 radical (unpaired) electrons. The first kappa shape index (κ1) is 21.0. The molecule has 2 amide bonds. The Morgan fingerprint density at radius 2 is 1.78 bits per heavy atom. The van der Waals surface area contributed by atoms with Gasteiger partial charge in [-0.2, -0.15) is 0 Å². The van der Waals surface area contributed by atoms with Crippen molar-refractivity contribution < 1.29 is 9.59 Å². The standard InChI is InChI=1S/C22H27ClN2O2/c1-3-4-13-24-22(27)17(2)25(16-18-9-6-5-7-10-18)21(26)15-19-11-8-12-20(23)14-19/h5-12,14,17H,3-4,13,15-16H2,1-2H3,(H,24,27). The molecule has 0 aromatic heterocycles. The molecule has 1 atom stereocenters. The van der Waals surface area contributed by atoms with Gasteiger partial charge >= 0.3 is 0 Å². The lowest BCUT2D eigenvalue weighted by molar-refractivity contribution is -0.140. The molecule has 1 unspecified atom stereocenters. The molecule has 4 nitrogen and oxygen atoms in total. The van der Waals surface area contributed by atoms with E-state index in [0.29, 0.717) is 18.1 Å². The number of benzene rings is 2. The normalized spacial score (nSPS) is 11.7. The minimum atomic E-state index is -0.547. The van der Waals surface area contributed by atoms with E-state index in [4.69, 9.17) is 11.6 Å². The molecular formula is C22H27ClN2O2. The molecule has 0 fully saturated rings. The highest BCUT2D eigenvalue weighted by molar-refractivity contribution is 6.30. The third kappa shape index (κ3) is 6.72. The van der Waals surface area contributed by atoms with Crippen LogP contribution in [0.1, 0.15) is 37.8 Å². The maximum atomic E-state index is 13.0. The maximum Gasteiger partial charge on any atom is 0.242 e. The molecule has 0 aliphatic heterocycles. The van der Waals surface area contributed by atoms with E-state index in [1.807, 2.05) is 42.5 Å². The Morgan fingerprint density at radius 1 is 1.07 bits per heavy atom. The first-order valence-electron chi connectivity index (χ1n) is 9.36. The summed E-state index contributed by atoms with van der Waals surface area (Å²) in [7, 11) is 0. The Bertz CT molecular complexity index is 749. The van der Waals surface area contributed by atoms with Crippen molar-refractivity contribution in [3.05, 3.63) is 70.7 Å². The van der Waals surface area contributed by atoms with Crippen LogP contribution in [0.25, 0.3) is 0 Å². The van der Waals surface area contributed by atoms with Crippen LogP contribution in [0.4, 0.5) is 0 Å². The Hall–Kier alpha value is -2.33. The quantitative estimate of drug-likeness (QED) is 0.656. The monoisotopic (exact) mass is 386 g/mol. The second kappa shape index (κ2) is 10.7. The van der Waals surface area contributed by atoms with E-state index in [1.165, 1.54) is 0 Å². The number of hydrogen-bond acceptors (Lipinski definition) is 2. The van der Waals surface area contributed by atoms with Crippen molar-refractivity contribution in [2.45, 2.75) is 45.7 Å². The van der Waals surface area contributed by atoms with Crippen molar-refractivity contribution >= 4 is 23.4 Å². The molecule has 0 heterocycles. The van der Waals surface area contributed by atoms with Crippen molar-refractivity contribution in [1.82, 2.24) is 10.2 Å². The average molecular weight is 387 g/mol. The third-order valence-electron chi connectivity index (χ3n) is 4.44. The van der Waals surface area contributed by atoms with Gasteiger partial charge in [0, 0.05) is 18.1 Å². The molecule has 144 valence electrons. The summed E-state index contributed by atoms with van der Waals surface area (Å²) >= 11 is 6.03. The van der Waals surface area contributed by atoms with Gasteiger partial charge in [-0.25, -0.2) is 0 Å². The highest BCUT2D eigenvalue weighted by Gasteiger charge is 2.26. The minimum absolute atomic E-state index is 0.0979. The first-order valence-corrected chi connectivity index (χ1v) is 9.74. The number of amides is 2. The van der Waals surface area contributed by atoms with Crippen LogP contribution in [0.2, 0.25) is 5.02 Å². The smallest absolute Gasteiger partial charge is 0.242 e. The van der Waals surface area contributed by atoms with Crippen LogP contribution in [0.15, 0.2) is 54.6 Å². The molecule has 0 saturated carbocycles. The lowest BCUT2D eigenvalue weighted by Gasteiger charge is -2.29. The molecular weight excluding hydrogens is 360 g/mol. The van der Waals surface area contributed by atoms with Crippen LogP contribution < -0.4 is 5.32 Å². The number of unbranched alkanes of at least 4 members (excludes halogenated alkanes) is 1. The molecule has 1 N–H and O–H groups in total. The van der Waals surface area contributed by atoms with E-state index in [-0.39, 0.29) is 18.2 Å². The van der Waals surface area contributed by atoms with Gasteiger partial charge in [0.15, 0.2) is 0 Å². The van der Waals surface area contributed by atoms with Crippen LogP contribution in [-0.2, 0) is 22.6 Å². The third-order valence-corrected chi connectivity index (χ3v) is 4.67. The van der Waals surface area contributed by atoms with Gasteiger partial charge in [-0.05, 0) is 36.6 Å². The first-order chi connectivity index (χ1) is 13.0. The fourth-order valence-corrected chi connectivity index (χ4v) is 3.03. The summed E-state index contributed by atoms with van der Waals surface area (Å²) in [6.45, 7) is 4.87. The van der Waals surface area contributed by atoms with Gasteiger partial charge in [-0.3, -0.25) is 9.59 Å². The van der Waals surface area contributed by atoms with E-state index in [2.05, 4.69) is 12.2 Å². The number of halogens is 1. The van der Waals surface area contributed by atoms with Gasteiger partial charge in [0.1, 0.15) is 6.04 Å². The lowest BCUT2D eigenvalue weighted by Crippen LogP contribution is -2.48. The van der Waals surface area contributed by atoms with Crippen molar-refractivity contribution in [2.24, 2.45) is 0 Å². The molecule has 0 saturated heterocycles. The highest BCUT2D eigenvalue weighted by Crippen LogP contribution is 2.15. The molecule has 0 bridgehead atoms. The summed E-state index contributed by atoms with van der Waals surface area (Å²) in [6.07, 6.45) is 2.14. The van der Waals surface area contributed by atoms with Crippen LogP contribution in [0.5, 0.6) is 0 Å². The number of hydrogen-bond donors (Lipinski definition) is 1. The van der Waals surface area contributed by atoms with Gasteiger partial charge in [-0.1, -0.05) is 67.4 Å². The van der Waals surface area contributed by atoms with Gasteiger partial charge in [-0.15, -0.1) is 0 Å². The fourth-order valence-electron chi connectivity index (χ4n) is 2.82. The van der Waals surface area contributed by atoms with Crippen LogP contribution >= 0.6 is 11.6 Å². The summed E-state index contributed by atoms with van der Waals surface area (Å²) in [5.74, 6) is -0.224. The fraction of sp³-hybridized carbons (Fsp3) is 0.364. The lowest BCUT2D eigenvalue weighted by atomic mass is 10.1. The van der Waals surface area contributed by atoms with Crippen molar-refractivity contribution in [1.29, 1.82) is 0 Å². The Morgan fingerprint density at radius 3 is 2.44 bits per heavy atom. The van der Waals surface area contributed by atoms with Gasteiger partial charge in [0.05, 0.1) is 6.42 Å². The molecule has 0 aliphatic carbocycles. The van der Waals surface area contributed by atoms with Crippen LogP contribution in [0.3, 0.4) is 0 Å². The van der Waals surface area contributed by atoms with Crippen LogP contribution in [0, 0.1) is 0 Å². The Balaban J connectivity index is 2.15. The summed E-state index contributed by atoms with van der Waals surface area (Å²) in [6, 6.07) is 16.4. The van der Waals surface area contributed by atoms with E-state index in [1.54, 1.807) is 24.0 Å². The molecule has 0 aliphatic rings. The zero-order chi connectivity index (χ0) is 19.6. The van der Waals surface area contributed by atoms with Crippen molar-refractivity contribution in [2.75, 3.05) is 6.54 Å². The average Bonchev–Trinajstić information content (AvgIpc) is 2.66. The molecule has 5 heteroatoms. The van der Waals surface area contributed by atoms with E-state index >= 15 is 0 Å². The minimum Gasteiger partial charge on any atom is -0.354 e. The molecule has 2 aromatic rings.